The highest BCUT2D eigenvalue weighted by molar-refractivity contribution is 7.92. The highest BCUT2D eigenvalue weighted by Crippen LogP contribution is 2.47. The van der Waals surface area contributed by atoms with Crippen molar-refractivity contribution in [1.82, 2.24) is 0 Å². The fraction of sp³-hybridized carbons (Fsp3) is 0.100. The first-order chi connectivity index (χ1) is 12.8. The number of phenols is 1. The van der Waals surface area contributed by atoms with E-state index in [0.717, 1.165) is 10.4 Å². The average Bonchev–Trinajstić information content (AvgIpc) is 2.62. The van der Waals surface area contributed by atoms with Crippen LogP contribution in [0.3, 0.4) is 0 Å². The molecule has 0 saturated carbocycles. The van der Waals surface area contributed by atoms with Gasteiger partial charge in [-0.25, -0.2) is 17.2 Å². The van der Waals surface area contributed by atoms with Gasteiger partial charge in [0, 0.05) is 5.56 Å². The quantitative estimate of drug-likeness (QED) is 0.699. The van der Waals surface area contributed by atoms with E-state index >= 15 is 0 Å². The van der Waals surface area contributed by atoms with E-state index in [9.17, 15) is 22.3 Å². The highest BCUT2D eigenvalue weighted by atomic mass is 32.2. The van der Waals surface area contributed by atoms with Gasteiger partial charge in [0.25, 0.3) is 10.0 Å². The molecule has 138 valence electrons. The molecule has 0 radical (unpaired) electrons. The molecule has 0 fully saturated rings. The second kappa shape index (κ2) is 6.06. The maximum absolute atomic E-state index is 14.0. The van der Waals surface area contributed by atoms with Gasteiger partial charge in [-0.1, -0.05) is 6.07 Å². The Balaban J connectivity index is 1.98. The monoisotopic (exact) mass is 387 g/mol. The van der Waals surface area contributed by atoms with Crippen molar-refractivity contribution >= 4 is 15.7 Å². The number of nitrogens with zero attached hydrogens (tertiary/aromatic N) is 1. The van der Waals surface area contributed by atoms with E-state index in [0.29, 0.717) is 16.7 Å². The van der Waals surface area contributed by atoms with Crippen LogP contribution < -0.4 is 4.31 Å². The van der Waals surface area contributed by atoms with Gasteiger partial charge in [-0.3, -0.25) is 4.31 Å². The molecular weight excluding hydrogens is 372 g/mol. The zero-order chi connectivity index (χ0) is 19.3. The SMILES string of the molecule is C[C@@H]1c2cc(F)ccc2-c2ccc(F)cc2N1S(=O)(=O)c1ccc(O)cc1. The Morgan fingerprint density at radius 3 is 2.15 bits per heavy atom. The van der Waals surface area contributed by atoms with Crippen molar-refractivity contribution in [1.29, 1.82) is 0 Å². The van der Waals surface area contributed by atoms with Crippen molar-refractivity contribution < 1.29 is 22.3 Å². The van der Waals surface area contributed by atoms with E-state index in [4.69, 9.17) is 0 Å². The number of sulfonamides is 1. The first kappa shape index (κ1) is 17.5. The summed E-state index contributed by atoms with van der Waals surface area (Å²) in [6.07, 6.45) is 0. The maximum atomic E-state index is 14.0. The lowest BCUT2D eigenvalue weighted by atomic mass is 9.90. The van der Waals surface area contributed by atoms with E-state index < -0.39 is 27.7 Å². The van der Waals surface area contributed by atoms with Crippen molar-refractivity contribution in [2.75, 3.05) is 4.31 Å². The van der Waals surface area contributed by atoms with Gasteiger partial charge in [0.05, 0.1) is 16.6 Å². The molecule has 0 aromatic heterocycles. The topological polar surface area (TPSA) is 57.6 Å². The number of benzene rings is 3. The molecule has 0 bridgehead atoms. The highest BCUT2D eigenvalue weighted by Gasteiger charge is 2.37. The van der Waals surface area contributed by atoms with Gasteiger partial charge in [-0.05, 0) is 72.6 Å². The maximum Gasteiger partial charge on any atom is 0.264 e. The van der Waals surface area contributed by atoms with Crippen LogP contribution in [0.15, 0.2) is 65.6 Å². The Bertz CT molecular complexity index is 1140. The van der Waals surface area contributed by atoms with Gasteiger partial charge in [0.2, 0.25) is 0 Å². The summed E-state index contributed by atoms with van der Waals surface area (Å²) in [5, 5.41) is 9.44. The van der Waals surface area contributed by atoms with Crippen molar-refractivity contribution in [3.8, 4) is 16.9 Å². The molecule has 1 aliphatic rings. The molecule has 1 heterocycles. The van der Waals surface area contributed by atoms with Crippen LogP contribution in [0, 0.1) is 11.6 Å². The third-order valence-electron chi connectivity index (χ3n) is 4.70. The molecule has 4 rings (SSSR count). The minimum atomic E-state index is -4.08. The number of anilines is 1. The van der Waals surface area contributed by atoms with Crippen molar-refractivity contribution in [3.63, 3.8) is 0 Å². The summed E-state index contributed by atoms with van der Waals surface area (Å²) in [7, 11) is -4.08. The predicted molar refractivity (Wildman–Crippen MR) is 98.0 cm³/mol. The van der Waals surface area contributed by atoms with E-state index in [1.54, 1.807) is 13.0 Å². The molecule has 0 amide bonds. The van der Waals surface area contributed by atoms with E-state index in [1.165, 1.54) is 48.5 Å². The van der Waals surface area contributed by atoms with Gasteiger partial charge >= 0.3 is 0 Å². The van der Waals surface area contributed by atoms with Gasteiger partial charge in [0.1, 0.15) is 17.4 Å². The molecular formula is C20H15F2NO3S. The number of hydrogen-bond acceptors (Lipinski definition) is 3. The minimum Gasteiger partial charge on any atom is -0.508 e. The Morgan fingerprint density at radius 2 is 1.48 bits per heavy atom. The molecule has 0 spiro atoms. The van der Waals surface area contributed by atoms with Crippen LogP contribution in [0.1, 0.15) is 18.5 Å². The van der Waals surface area contributed by atoms with E-state index in [1.807, 2.05) is 0 Å². The molecule has 7 heteroatoms. The summed E-state index contributed by atoms with van der Waals surface area (Å²) in [4.78, 5) is -0.0535. The molecule has 3 aromatic carbocycles. The Hall–Kier alpha value is -2.93. The van der Waals surface area contributed by atoms with Crippen LogP contribution >= 0.6 is 0 Å². The normalized spacial score (nSPS) is 16.0. The number of rotatable bonds is 2. The second-order valence-electron chi connectivity index (χ2n) is 6.36. The Labute approximate surface area is 155 Å². The molecule has 0 saturated heterocycles. The van der Waals surface area contributed by atoms with Crippen molar-refractivity contribution in [3.05, 3.63) is 77.9 Å². The number of aromatic hydroxyl groups is 1. The van der Waals surface area contributed by atoms with Gasteiger partial charge in [-0.2, -0.15) is 0 Å². The number of fused-ring (bicyclic) bond motifs is 3. The van der Waals surface area contributed by atoms with Crippen LogP contribution in [0.25, 0.3) is 11.1 Å². The summed E-state index contributed by atoms with van der Waals surface area (Å²) in [5.74, 6) is -1.12. The molecule has 1 aliphatic heterocycles. The van der Waals surface area contributed by atoms with Crippen molar-refractivity contribution in [2.24, 2.45) is 0 Å². The largest absolute Gasteiger partial charge is 0.508 e. The number of halogens is 2. The molecule has 1 N–H and O–H groups in total. The van der Waals surface area contributed by atoms with Crippen molar-refractivity contribution in [2.45, 2.75) is 17.9 Å². The number of phenolic OH excluding ortho intramolecular Hbond substituents is 1. The van der Waals surface area contributed by atoms with E-state index in [2.05, 4.69) is 0 Å². The summed E-state index contributed by atoms with van der Waals surface area (Å²) in [6.45, 7) is 1.63. The van der Waals surface area contributed by atoms with Crippen LogP contribution in [0.4, 0.5) is 14.5 Å². The van der Waals surface area contributed by atoms with Gasteiger partial charge in [-0.15, -0.1) is 0 Å². The van der Waals surface area contributed by atoms with Crippen LogP contribution in [0.5, 0.6) is 5.75 Å². The van der Waals surface area contributed by atoms with Gasteiger partial charge in [0.15, 0.2) is 0 Å². The molecule has 0 aliphatic carbocycles. The van der Waals surface area contributed by atoms with Crippen LogP contribution in [0.2, 0.25) is 0 Å². The molecule has 4 nitrogen and oxygen atoms in total. The Morgan fingerprint density at radius 1 is 0.889 bits per heavy atom. The lowest BCUT2D eigenvalue weighted by molar-refractivity contribution is 0.474. The fourth-order valence-electron chi connectivity index (χ4n) is 3.44. The second-order valence-corrected chi connectivity index (χ2v) is 8.18. The molecule has 3 aromatic rings. The third kappa shape index (κ3) is 2.75. The smallest absolute Gasteiger partial charge is 0.264 e. The summed E-state index contributed by atoms with van der Waals surface area (Å²) in [6, 6.07) is 12.4. The summed E-state index contributed by atoms with van der Waals surface area (Å²) < 4.78 is 55.5. The zero-order valence-corrected chi connectivity index (χ0v) is 15.0. The fourth-order valence-corrected chi connectivity index (χ4v) is 5.09. The first-order valence-electron chi connectivity index (χ1n) is 8.22. The lowest BCUT2D eigenvalue weighted by Crippen LogP contribution is -2.36. The lowest BCUT2D eigenvalue weighted by Gasteiger charge is -2.37. The van der Waals surface area contributed by atoms with Gasteiger partial charge < -0.3 is 5.11 Å². The van der Waals surface area contributed by atoms with E-state index in [-0.39, 0.29) is 16.3 Å². The molecule has 1 atom stereocenters. The summed E-state index contributed by atoms with van der Waals surface area (Å²) in [5.41, 5.74) is 1.86. The first-order valence-corrected chi connectivity index (χ1v) is 9.66. The minimum absolute atomic E-state index is 0.0535. The van der Waals surface area contributed by atoms with Crippen LogP contribution in [-0.4, -0.2) is 13.5 Å². The standard InChI is InChI=1S/C20H15F2NO3S/c1-12-19-10-13(21)2-8-17(19)18-9-3-14(22)11-20(18)23(12)27(25,26)16-6-4-15(24)5-7-16/h2-12,24H,1H3/t12-/m1/s1. The number of hydrogen-bond donors (Lipinski definition) is 1. The Kier molecular flexibility index (Phi) is 3.92. The molecule has 27 heavy (non-hydrogen) atoms. The summed E-state index contributed by atoms with van der Waals surface area (Å²) >= 11 is 0. The zero-order valence-electron chi connectivity index (χ0n) is 14.2. The predicted octanol–water partition coefficient (Wildman–Crippen LogP) is 4.61. The molecule has 0 unspecified atom stereocenters. The average molecular weight is 387 g/mol. The third-order valence-corrected chi connectivity index (χ3v) is 6.60. The van der Waals surface area contributed by atoms with Crippen LogP contribution in [-0.2, 0) is 10.0 Å².